The summed E-state index contributed by atoms with van der Waals surface area (Å²) in [5.74, 6) is 0.495. The Balaban J connectivity index is 2.81. The Morgan fingerprint density at radius 3 is 2.17 bits per heavy atom. The molecule has 2 heteroatoms. The highest BCUT2D eigenvalue weighted by Gasteiger charge is 2.57. The predicted molar refractivity (Wildman–Crippen MR) is 48.0 cm³/mol. The summed E-state index contributed by atoms with van der Waals surface area (Å²) in [5.41, 5.74) is -0.159. The third-order valence-electron chi connectivity index (χ3n) is 3.42. The second-order valence-corrected chi connectivity index (χ2v) is 3.67. The van der Waals surface area contributed by atoms with E-state index in [-0.39, 0.29) is 17.4 Å². The van der Waals surface area contributed by atoms with E-state index in [0.717, 1.165) is 12.8 Å². The van der Waals surface area contributed by atoms with Gasteiger partial charge in [-0.05, 0) is 12.8 Å². The van der Waals surface area contributed by atoms with Gasteiger partial charge in [-0.1, -0.05) is 20.8 Å². The van der Waals surface area contributed by atoms with Crippen molar-refractivity contribution in [2.45, 2.75) is 39.7 Å². The zero-order valence-corrected chi connectivity index (χ0v) is 8.39. The lowest BCUT2D eigenvalue weighted by Gasteiger charge is -2.50. The van der Waals surface area contributed by atoms with Crippen molar-refractivity contribution < 1.29 is 9.53 Å². The minimum Gasteiger partial charge on any atom is -0.380 e. The monoisotopic (exact) mass is 170 g/mol. The average molecular weight is 170 g/mol. The maximum atomic E-state index is 11.6. The van der Waals surface area contributed by atoms with Gasteiger partial charge in [-0.2, -0.15) is 0 Å². The van der Waals surface area contributed by atoms with Crippen LogP contribution < -0.4 is 0 Å². The maximum absolute atomic E-state index is 11.6. The zero-order chi connectivity index (χ0) is 9.35. The minimum absolute atomic E-state index is 0.106. The summed E-state index contributed by atoms with van der Waals surface area (Å²) in [5, 5.41) is 0. The summed E-state index contributed by atoms with van der Waals surface area (Å²) in [6.45, 7) is 6.10. The Kier molecular flexibility index (Phi) is 2.57. The first-order chi connectivity index (χ1) is 5.64. The quantitative estimate of drug-likeness (QED) is 0.647. The Bertz CT molecular complexity index is 182. The molecule has 0 bridgehead atoms. The number of methoxy groups -OCH3 is 1. The molecule has 12 heavy (non-hydrogen) atoms. The number of Topliss-reactive ketones (excluding diaryl/α,β-unsaturated/α-hetero) is 1. The molecule has 1 rings (SSSR count). The second kappa shape index (κ2) is 3.17. The summed E-state index contributed by atoms with van der Waals surface area (Å²) in [6, 6.07) is 0. The van der Waals surface area contributed by atoms with Gasteiger partial charge in [0, 0.05) is 13.0 Å². The highest BCUT2D eigenvalue weighted by molar-refractivity contribution is 5.94. The van der Waals surface area contributed by atoms with Crippen LogP contribution in [-0.4, -0.2) is 19.0 Å². The third kappa shape index (κ3) is 0.939. The van der Waals surface area contributed by atoms with Crippen molar-refractivity contribution in [3.05, 3.63) is 0 Å². The Hall–Kier alpha value is -0.370. The number of hydrogen-bond donors (Lipinski definition) is 0. The summed E-state index contributed by atoms with van der Waals surface area (Å²) >= 11 is 0. The minimum atomic E-state index is -0.159. The summed E-state index contributed by atoms with van der Waals surface area (Å²) in [6.07, 6.45) is 1.97. The van der Waals surface area contributed by atoms with Crippen molar-refractivity contribution in [3.8, 4) is 0 Å². The number of carbonyl (C=O) groups is 1. The number of carbonyl (C=O) groups excluding carboxylic acids is 1. The lowest BCUT2D eigenvalue weighted by Crippen LogP contribution is -2.60. The van der Waals surface area contributed by atoms with Gasteiger partial charge in [-0.3, -0.25) is 4.79 Å². The fourth-order valence-electron chi connectivity index (χ4n) is 2.54. The van der Waals surface area contributed by atoms with E-state index >= 15 is 0 Å². The van der Waals surface area contributed by atoms with Crippen molar-refractivity contribution in [2.75, 3.05) is 7.11 Å². The van der Waals surface area contributed by atoms with E-state index in [2.05, 4.69) is 13.8 Å². The van der Waals surface area contributed by atoms with Gasteiger partial charge in [0.15, 0.2) is 0 Å². The fraction of sp³-hybridized carbons (Fsp3) is 0.900. The summed E-state index contributed by atoms with van der Waals surface area (Å²) in [7, 11) is 1.70. The number of hydrogen-bond acceptors (Lipinski definition) is 2. The molecule has 0 amide bonds. The molecular formula is C10H18O2. The van der Waals surface area contributed by atoms with Crippen LogP contribution >= 0.6 is 0 Å². The molecule has 0 aromatic carbocycles. The molecule has 0 aliphatic heterocycles. The predicted octanol–water partition coefficient (Wildman–Crippen LogP) is 2.03. The molecule has 1 fully saturated rings. The van der Waals surface area contributed by atoms with Crippen molar-refractivity contribution >= 4 is 5.78 Å². The van der Waals surface area contributed by atoms with Gasteiger partial charge in [0.05, 0.1) is 11.5 Å². The number of ether oxygens (including phenoxy) is 1. The van der Waals surface area contributed by atoms with Gasteiger partial charge >= 0.3 is 0 Å². The maximum Gasteiger partial charge on any atom is 0.147 e. The molecule has 2 atom stereocenters. The molecule has 2 nitrogen and oxygen atoms in total. The highest BCUT2D eigenvalue weighted by atomic mass is 16.5. The molecule has 70 valence electrons. The van der Waals surface area contributed by atoms with Gasteiger partial charge < -0.3 is 4.74 Å². The Morgan fingerprint density at radius 2 is 1.92 bits per heavy atom. The SMILES string of the molecule is CCC1(CC)C(=O)[C@@H](C)[C@@H]1OC. The summed E-state index contributed by atoms with van der Waals surface area (Å²) < 4.78 is 5.35. The van der Waals surface area contributed by atoms with Gasteiger partial charge in [-0.15, -0.1) is 0 Å². The van der Waals surface area contributed by atoms with E-state index in [1.807, 2.05) is 6.92 Å². The van der Waals surface area contributed by atoms with Crippen molar-refractivity contribution in [2.24, 2.45) is 11.3 Å². The zero-order valence-electron chi connectivity index (χ0n) is 8.39. The van der Waals surface area contributed by atoms with Crippen molar-refractivity contribution in [1.82, 2.24) is 0 Å². The smallest absolute Gasteiger partial charge is 0.147 e. The topological polar surface area (TPSA) is 26.3 Å². The Morgan fingerprint density at radius 1 is 1.42 bits per heavy atom. The standard InChI is InChI=1S/C10H18O2/c1-5-10(6-2)8(11)7(3)9(10)12-4/h7,9H,5-6H2,1-4H3/t7-,9+/m1/s1. The average Bonchev–Trinajstić information content (AvgIpc) is 2.12. The van der Waals surface area contributed by atoms with Crippen LogP contribution in [0.25, 0.3) is 0 Å². The first kappa shape index (κ1) is 9.72. The van der Waals surface area contributed by atoms with Crippen LogP contribution in [0.3, 0.4) is 0 Å². The van der Waals surface area contributed by atoms with E-state index in [1.54, 1.807) is 7.11 Å². The van der Waals surface area contributed by atoms with Crippen LogP contribution in [0.4, 0.5) is 0 Å². The molecule has 0 aromatic heterocycles. The molecule has 0 aromatic rings. The molecule has 1 aliphatic rings. The molecule has 0 spiro atoms. The first-order valence-electron chi connectivity index (χ1n) is 4.71. The normalized spacial score (nSPS) is 33.2. The number of rotatable bonds is 3. The van der Waals surface area contributed by atoms with E-state index in [0.29, 0.717) is 5.78 Å². The molecule has 0 unspecified atom stereocenters. The van der Waals surface area contributed by atoms with Gasteiger partial charge in [0.2, 0.25) is 0 Å². The largest absolute Gasteiger partial charge is 0.380 e. The van der Waals surface area contributed by atoms with Crippen LogP contribution in [0.2, 0.25) is 0 Å². The Labute approximate surface area is 74.3 Å². The van der Waals surface area contributed by atoms with Gasteiger partial charge in [-0.25, -0.2) is 0 Å². The molecule has 0 saturated heterocycles. The van der Waals surface area contributed by atoms with Crippen LogP contribution in [0.15, 0.2) is 0 Å². The lowest BCUT2D eigenvalue weighted by atomic mass is 9.56. The van der Waals surface area contributed by atoms with E-state index in [1.165, 1.54) is 0 Å². The van der Waals surface area contributed by atoms with Crippen molar-refractivity contribution in [1.29, 1.82) is 0 Å². The molecule has 0 N–H and O–H groups in total. The highest BCUT2D eigenvalue weighted by Crippen LogP contribution is 2.48. The van der Waals surface area contributed by atoms with Gasteiger partial charge in [0.1, 0.15) is 5.78 Å². The van der Waals surface area contributed by atoms with E-state index in [9.17, 15) is 4.79 Å². The number of ketones is 1. The van der Waals surface area contributed by atoms with Crippen LogP contribution in [0, 0.1) is 11.3 Å². The molecule has 0 heterocycles. The molecule has 0 radical (unpaired) electrons. The third-order valence-corrected chi connectivity index (χ3v) is 3.42. The van der Waals surface area contributed by atoms with Crippen LogP contribution in [0.5, 0.6) is 0 Å². The van der Waals surface area contributed by atoms with Crippen molar-refractivity contribution in [3.63, 3.8) is 0 Å². The van der Waals surface area contributed by atoms with Gasteiger partial charge in [0.25, 0.3) is 0 Å². The summed E-state index contributed by atoms with van der Waals surface area (Å²) in [4.78, 5) is 11.6. The molecule has 1 saturated carbocycles. The van der Waals surface area contributed by atoms with Crippen LogP contribution in [-0.2, 0) is 9.53 Å². The van der Waals surface area contributed by atoms with E-state index < -0.39 is 0 Å². The second-order valence-electron chi connectivity index (χ2n) is 3.67. The molecular weight excluding hydrogens is 152 g/mol. The lowest BCUT2D eigenvalue weighted by molar-refractivity contribution is -0.175. The fourth-order valence-corrected chi connectivity index (χ4v) is 2.54. The molecule has 1 aliphatic carbocycles. The van der Waals surface area contributed by atoms with Crippen LogP contribution in [0.1, 0.15) is 33.6 Å². The van der Waals surface area contributed by atoms with E-state index in [4.69, 9.17) is 4.74 Å². The first-order valence-corrected chi connectivity index (χ1v) is 4.71.